The third-order valence-electron chi connectivity index (χ3n) is 4.27. The maximum absolute atomic E-state index is 5.49. The largest absolute Gasteiger partial charge is 0.496 e. The Hall–Kier alpha value is -2.75. The molecule has 2 heterocycles. The van der Waals surface area contributed by atoms with Crippen LogP contribution < -0.4 is 9.30 Å². The van der Waals surface area contributed by atoms with Crippen LogP contribution in [0.4, 0.5) is 0 Å². The molecule has 0 N–H and O–H groups in total. The van der Waals surface area contributed by atoms with E-state index < -0.39 is 0 Å². The zero-order chi connectivity index (χ0) is 15.3. The second kappa shape index (κ2) is 4.63. The second-order valence-corrected chi connectivity index (χ2v) is 5.51. The molecule has 0 aliphatic heterocycles. The average molecular weight is 292 g/mol. The molecule has 0 fully saturated rings. The molecule has 4 heteroatoms. The van der Waals surface area contributed by atoms with E-state index in [0.29, 0.717) is 0 Å². The van der Waals surface area contributed by atoms with Gasteiger partial charge in [-0.3, -0.25) is 0 Å². The first kappa shape index (κ1) is 13.0. The summed E-state index contributed by atoms with van der Waals surface area (Å²) in [5.41, 5.74) is 4.65. The van der Waals surface area contributed by atoms with Crippen LogP contribution in [0.1, 0.15) is 5.56 Å². The first-order valence-electron chi connectivity index (χ1n) is 7.32. The third-order valence-corrected chi connectivity index (χ3v) is 4.27. The minimum absolute atomic E-state index is 0.905. The van der Waals surface area contributed by atoms with Gasteiger partial charge in [-0.2, -0.15) is 8.97 Å². The summed E-state index contributed by atoms with van der Waals surface area (Å²) in [5, 5.41) is 0. The van der Waals surface area contributed by atoms with Crippen molar-refractivity contribution in [3.8, 4) is 11.4 Å². The number of benzene rings is 2. The fraction of sp³-hybridized carbons (Fsp3) is 0.167. The van der Waals surface area contributed by atoms with Crippen LogP contribution in [0.15, 0.2) is 54.9 Å². The highest BCUT2D eigenvalue weighted by molar-refractivity contribution is 5.83. The van der Waals surface area contributed by atoms with E-state index >= 15 is 0 Å². The summed E-state index contributed by atoms with van der Waals surface area (Å²) in [5.74, 6) is 2.03. The Morgan fingerprint density at radius 1 is 1.00 bits per heavy atom. The van der Waals surface area contributed by atoms with Gasteiger partial charge in [-0.1, -0.05) is 18.2 Å². The number of para-hydroxylation sites is 2. The molecule has 0 atom stereocenters. The lowest BCUT2D eigenvalue weighted by Crippen LogP contribution is -2.28. The van der Waals surface area contributed by atoms with E-state index in [1.54, 1.807) is 7.11 Å². The van der Waals surface area contributed by atoms with Crippen molar-refractivity contribution in [3.05, 3.63) is 60.4 Å². The summed E-state index contributed by atoms with van der Waals surface area (Å²) in [4.78, 5) is 0. The fourth-order valence-electron chi connectivity index (χ4n) is 3.19. The van der Waals surface area contributed by atoms with Crippen LogP contribution >= 0.6 is 0 Å². The van der Waals surface area contributed by atoms with E-state index in [9.17, 15) is 0 Å². The lowest BCUT2D eigenvalue weighted by molar-refractivity contribution is -0.646. The number of hydrogen-bond acceptors (Lipinski definition) is 1. The van der Waals surface area contributed by atoms with Crippen LogP contribution in [0.5, 0.6) is 5.75 Å². The summed E-state index contributed by atoms with van der Waals surface area (Å²) in [6.45, 7) is 2.10. The van der Waals surface area contributed by atoms with Gasteiger partial charge in [-0.15, -0.1) is 0 Å². The normalized spacial score (nSPS) is 11.4. The number of nitrogens with zero attached hydrogens (tertiary/aromatic N) is 3. The molecule has 0 bridgehead atoms. The lowest BCUT2D eigenvalue weighted by atomic mass is 10.1. The zero-order valence-corrected chi connectivity index (χ0v) is 12.9. The summed E-state index contributed by atoms with van der Waals surface area (Å²) in [7, 11) is 3.78. The molecule has 0 saturated carbocycles. The number of rotatable bonds is 2. The van der Waals surface area contributed by atoms with E-state index in [4.69, 9.17) is 4.74 Å². The van der Waals surface area contributed by atoms with Gasteiger partial charge in [0.2, 0.25) is 0 Å². The summed E-state index contributed by atoms with van der Waals surface area (Å²) < 4.78 is 12.1. The van der Waals surface area contributed by atoms with Crippen molar-refractivity contribution < 1.29 is 9.30 Å². The predicted molar refractivity (Wildman–Crippen MR) is 86.7 cm³/mol. The van der Waals surface area contributed by atoms with Crippen molar-refractivity contribution in [1.29, 1.82) is 0 Å². The Balaban J connectivity index is 2.19. The monoisotopic (exact) mass is 292 g/mol. The van der Waals surface area contributed by atoms with E-state index in [1.165, 1.54) is 11.0 Å². The topological polar surface area (TPSA) is 22.4 Å². The first-order valence-corrected chi connectivity index (χ1v) is 7.32. The highest BCUT2D eigenvalue weighted by Gasteiger charge is 2.23. The van der Waals surface area contributed by atoms with Crippen molar-refractivity contribution in [2.24, 2.45) is 7.05 Å². The van der Waals surface area contributed by atoms with Crippen molar-refractivity contribution >= 4 is 16.8 Å². The Morgan fingerprint density at radius 3 is 2.55 bits per heavy atom. The van der Waals surface area contributed by atoms with Crippen LogP contribution in [0.2, 0.25) is 0 Å². The molecule has 0 aliphatic carbocycles. The number of fused-ring (bicyclic) bond motifs is 3. The standard InChI is InChI=1S/C18H18N3O/c1-13-14(9-6-10-17(13)22-3)21-16-8-5-4-7-15(16)20-12-11-19(2)18(20)21/h4-12H,1-3H3/q+1. The van der Waals surface area contributed by atoms with Crippen molar-refractivity contribution in [1.82, 2.24) is 8.97 Å². The molecule has 0 radical (unpaired) electrons. The molecule has 4 aromatic rings. The number of aromatic nitrogens is 3. The minimum atomic E-state index is 0.905. The maximum atomic E-state index is 5.49. The van der Waals surface area contributed by atoms with E-state index in [2.05, 4.69) is 70.2 Å². The Bertz CT molecular complexity index is 994. The quantitative estimate of drug-likeness (QED) is 0.521. The number of aryl methyl sites for hydroxylation is 1. The minimum Gasteiger partial charge on any atom is -0.496 e. The van der Waals surface area contributed by atoms with Gasteiger partial charge < -0.3 is 4.74 Å². The van der Waals surface area contributed by atoms with Crippen LogP contribution in [0, 0.1) is 6.92 Å². The number of imidazole rings is 2. The van der Waals surface area contributed by atoms with E-state index in [0.717, 1.165) is 22.8 Å². The van der Waals surface area contributed by atoms with Gasteiger partial charge in [0.15, 0.2) is 0 Å². The predicted octanol–water partition coefficient (Wildman–Crippen LogP) is 3.02. The molecular formula is C18H18N3O+. The Labute approximate surface area is 128 Å². The van der Waals surface area contributed by atoms with Crippen LogP contribution in [0.3, 0.4) is 0 Å². The molecule has 22 heavy (non-hydrogen) atoms. The van der Waals surface area contributed by atoms with Gasteiger partial charge in [0.05, 0.1) is 20.4 Å². The van der Waals surface area contributed by atoms with Crippen LogP contribution in [0.25, 0.3) is 22.5 Å². The van der Waals surface area contributed by atoms with Crippen molar-refractivity contribution in [3.63, 3.8) is 0 Å². The van der Waals surface area contributed by atoms with E-state index in [-0.39, 0.29) is 0 Å². The molecule has 0 aliphatic rings. The summed E-state index contributed by atoms with van der Waals surface area (Å²) in [6, 6.07) is 14.6. The molecule has 110 valence electrons. The average Bonchev–Trinajstić information content (AvgIpc) is 3.07. The molecule has 4 rings (SSSR count). The number of methoxy groups -OCH3 is 1. The van der Waals surface area contributed by atoms with Crippen LogP contribution in [-0.4, -0.2) is 16.1 Å². The smallest absolute Gasteiger partial charge is 0.374 e. The molecular weight excluding hydrogens is 274 g/mol. The van der Waals surface area contributed by atoms with Crippen molar-refractivity contribution in [2.45, 2.75) is 6.92 Å². The molecule has 0 spiro atoms. The molecule has 0 amide bonds. The zero-order valence-electron chi connectivity index (χ0n) is 12.9. The highest BCUT2D eigenvalue weighted by Crippen LogP contribution is 2.29. The van der Waals surface area contributed by atoms with Gasteiger partial charge in [0, 0.05) is 5.56 Å². The molecule has 2 aromatic carbocycles. The maximum Gasteiger partial charge on any atom is 0.374 e. The summed E-state index contributed by atoms with van der Waals surface area (Å²) >= 11 is 0. The lowest BCUT2D eigenvalue weighted by Gasteiger charge is -2.09. The Kier molecular flexibility index (Phi) is 2.73. The van der Waals surface area contributed by atoms with Gasteiger partial charge in [0.1, 0.15) is 28.7 Å². The molecule has 0 saturated heterocycles. The van der Waals surface area contributed by atoms with Gasteiger partial charge in [-0.05, 0) is 31.2 Å². The van der Waals surface area contributed by atoms with Gasteiger partial charge in [0.25, 0.3) is 0 Å². The molecule has 4 nitrogen and oxygen atoms in total. The summed E-state index contributed by atoms with van der Waals surface area (Å²) in [6.07, 6.45) is 4.18. The van der Waals surface area contributed by atoms with Crippen LogP contribution in [-0.2, 0) is 7.05 Å². The Morgan fingerprint density at radius 2 is 1.77 bits per heavy atom. The van der Waals surface area contributed by atoms with Gasteiger partial charge >= 0.3 is 5.78 Å². The number of ether oxygens (including phenoxy) is 1. The second-order valence-electron chi connectivity index (χ2n) is 5.51. The SMILES string of the molecule is COc1cccc(-n2c3ccccc3n3cc[n+](C)c23)c1C. The molecule has 2 aromatic heterocycles. The third kappa shape index (κ3) is 1.61. The fourth-order valence-corrected chi connectivity index (χ4v) is 3.19. The number of hydrogen-bond donors (Lipinski definition) is 0. The van der Waals surface area contributed by atoms with Gasteiger partial charge in [-0.25, -0.2) is 4.57 Å². The highest BCUT2D eigenvalue weighted by atomic mass is 16.5. The molecule has 0 unspecified atom stereocenters. The van der Waals surface area contributed by atoms with Crippen molar-refractivity contribution in [2.75, 3.05) is 7.11 Å². The van der Waals surface area contributed by atoms with E-state index in [1.807, 2.05) is 12.1 Å². The first-order chi connectivity index (χ1) is 10.7.